The van der Waals surface area contributed by atoms with Crippen molar-refractivity contribution in [3.63, 3.8) is 0 Å². The maximum absolute atomic E-state index is 12.0. The molecule has 1 aliphatic heterocycles. The van der Waals surface area contributed by atoms with Crippen LogP contribution in [0.4, 0.5) is 5.69 Å². The zero-order valence-electron chi connectivity index (χ0n) is 11.4. The van der Waals surface area contributed by atoms with Crippen LogP contribution in [0.3, 0.4) is 0 Å². The molecule has 1 aromatic rings. The molecule has 4 nitrogen and oxygen atoms in total. The second kappa shape index (κ2) is 6.68. The Morgan fingerprint density at radius 1 is 1.37 bits per heavy atom. The van der Waals surface area contributed by atoms with Gasteiger partial charge in [-0.05, 0) is 31.0 Å². The number of β-amino-alcohol motifs (C(OH)–C–C–N with tert-alkyl or cyclic N) is 1. The van der Waals surface area contributed by atoms with Gasteiger partial charge in [0.2, 0.25) is 5.91 Å². The van der Waals surface area contributed by atoms with Gasteiger partial charge in [-0.1, -0.05) is 25.1 Å². The number of hydrogen-bond acceptors (Lipinski definition) is 3. The zero-order valence-corrected chi connectivity index (χ0v) is 11.4. The Balaban J connectivity index is 2.01. The minimum Gasteiger partial charge on any atom is -0.390 e. The maximum atomic E-state index is 12.0. The summed E-state index contributed by atoms with van der Waals surface area (Å²) in [5.41, 5.74) is 2.14. The van der Waals surface area contributed by atoms with Crippen LogP contribution in [0.2, 0.25) is 0 Å². The van der Waals surface area contributed by atoms with Crippen LogP contribution in [0, 0.1) is 0 Å². The number of amides is 1. The Hall–Kier alpha value is -1.39. The molecule has 0 aliphatic carbocycles. The van der Waals surface area contributed by atoms with Crippen LogP contribution in [0.15, 0.2) is 24.3 Å². The smallest absolute Gasteiger partial charge is 0.227 e. The topological polar surface area (TPSA) is 52.6 Å². The fourth-order valence-corrected chi connectivity index (χ4v) is 2.42. The van der Waals surface area contributed by atoms with Crippen molar-refractivity contribution in [1.82, 2.24) is 5.32 Å². The standard InChI is InChI=1S/C15H22N2O2/c1-2-9-16-10-13(18)11-17-14-6-4-3-5-12(14)7-8-15(17)19/h3-6,13,16,18H,2,7-11H2,1H3. The highest BCUT2D eigenvalue weighted by Crippen LogP contribution is 2.27. The van der Waals surface area contributed by atoms with Crippen LogP contribution >= 0.6 is 0 Å². The summed E-state index contributed by atoms with van der Waals surface area (Å²) >= 11 is 0. The summed E-state index contributed by atoms with van der Waals surface area (Å²) in [6.07, 6.45) is 1.85. The lowest BCUT2D eigenvalue weighted by Gasteiger charge is -2.31. The van der Waals surface area contributed by atoms with E-state index in [0.717, 1.165) is 25.1 Å². The van der Waals surface area contributed by atoms with Crippen molar-refractivity contribution in [3.05, 3.63) is 29.8 Å². The third-order valence-electron chi connectivity index (χ3n) is 3.39. The summed E-state index contributed by atoms with van der Waals surface area (Å²) in [5.74, 6) is 0.105. The molecule has 0 fully saturated rings. The van der Waals surface area contributed by atoms with E-state index in [1.165, 1.54) is 5.56 Å². The quantitative estimate of drug-likeness (QED) is 0.760. The zero-order chi connectivity index (χ0) is 13.7. The number of rotatable bonds is 6. The van der Waals surface area contributed by atoms with Gasteiger partial charge in [0, 0.05) is 18.7 Å². The van der Waals surface area contributed by atoms with Gasteiger partial charge in [-0.3, -0.25) is 4.79 Å². The summed E-state index contributed by atoms with van der Waals surface area (Å²) in [4.78, 5) is 13.7. The summed E-state index contributed by atoms with van der Waals surface area (Å²) in [7, 11) is 0. The Bertz CT molecular complexity index is 434. The van der Waals surface area contributed by atoms with Crippen molar-refractivity contribution in [1.29, 1.82) is 0 Å². The minimum atomic E-state index is -0.526. The highest BCUT2D eigenvalue weighted by Gasteiger charge is 2.25. The highest BCUT2D eigenvalue weighted by molar-refractivity contribution is 5.96. The first kappa shape index (κ1) is 14.0. The Labute approximate surface area is 114 Å². The lowest BCUT2D eigenvalue weighted by molar-refractivity contribution is -0.119. The number of carbonyl (C=O) groups excluding carboxylic acids is 1. The first-order chi connectivity index (χ1) is 9.22. The summed E-state index contributed by atoms with van der Waals surface area (Å²) in [6, 6.07) is 7.94. The van der Waals surface area contributed by atoms with E-state index < -0.39 is 6.10 Å². The van der Waals surface area contributed by atoms with Crippen LogP contribution < -0.4 is 10.2 Å². The van der Waals surface area contributed by atoms with Crippen molar-refractivity contribution in [2.75, 3.05) is 24.5 Å². The average molecular weight is 262 g/mol. The molecular weight excluding hydrogens is 240 g/mol. The largest absolute Gasteiger partial charge is 0.390 e. The molecule has 104 valence electrons. The number of aryl methyl sites for hydroxylation is 1. The van der Waals surface area contributed by atoms with Gasteiger partial charge in [0.1, 0.15) is 0 Å². The van der Waals surface area contributed by atoms with E-state index in [1.807, 2.05) is 18.2 Å². The predicted octanol–water partition coefficient (Wildman–Crippen LogP) is 1.33. The predicted molar refractivity (Wildman–Crippen MR) is 76.3 cm³/mol. The summed E-state index contributed by atoms with van der Waals surface area (Å²) in [5, 5.41) is 13.2. The van der Waals surface area contributed by atoms with Crippen molar-refractivity contribution in [2.45, 2.75) is 32.3 Å². The third kappa shape index (κ3) is 3.55. The molecule has 0 saturated carbocycles. The fraction of sp³-hybridized carbons (Fsp3) is 0.533. The van der Waals surface area contributed by atoms with Crippen molar-refractivity contribution in [2.24, 2.45) is 0 Å². The van der Waals surface area contributed by atoms with E-state index >= 15 is 0 Å². The molecule has 2 rings (SSSR count). The van der Waals surface area contributed by atoms with Crippen molar-refractivity contribution < 1.29 is 9.90 Å². The second-order valence-corrected chi connectivity index (χ2v) is 4.99. The number of hydrogen-bond donors (Lipinski definition) is 2. The Kier molecular flexibility index (Phi) is 4.93. The lowest BCUT2D eigenvalue weighted by Crippen LogP contribution is -2.43. The number of nitrogens with one attached hydrogen (secondary N) is 1. The number of carbonyl (C=O) groups is 1. The molecule has 2 N–H and O–H groups in total. The van der Waals surface area contributed by atoms with Crippen LogP contribution in [0.5, 0.6) is 0 Å². The highest BCUT2D eigenvalue weighted by atomic mass is 16.3. The average Bonchev–Trinajstić information content (AvgIpc) is 2.42. The van der Waals surface area contributed by atoms with Gasteiger partial charge in [-0.15, -0.1) is 0 Å². The molecule has 1 amide bonds. The van der Waals surface area contributed by atoms with Crippen LogP contribution in [0.25, 0.3) is 0 Å². The number of anilines is 1. The SMILES string of the molecule is CCCNCC(O)CN1C(=O)CCc2ccccc21. The van der Waals surface area contributed by atoms with E-state index in [2.05, 4.69) is 18.3 Å². The molecular formula is C15H22N2O2. The van der Waals surface area contributed by atoms with E-state index in [9.17, 15) is 9.90 Å². The van der Waals surface area contributed by atoms with Crippen LogP contribution in [-0.4, -0.2) is 36.8 Å². The molecule has 1 aromatic carbocycles. The number of aliphatic hydroxyl groups excluding tert-OH is 1. The molecule has 0 aromatic heterocycles. The number of para-hydroxylation sites is 1. The maximum Gasteiger partial charge on any atom is 0.227 e. The molecule has 1 heterocycles. The fourth-order valence-electron chi connectivity index (χ4n) is 2.42. The molecule has 0 bridgehead atoms. The van der Waals surface area contributed by atoms with Gasteiger partial charge < -0.3 is 15.3 Å². The van der Waals surface area contributed by atoms with Gasteiger partial charge >= 0.3 is 0 Å². The molecule has 1 aliphatic rings. The van der Waals surface area contributed by atoms with Crippen LogP contribution in [0.1, 0.15) is 25.3 Å². The molecule has 4 heteroatoms. The molecule has 1 unspecified atom stereocenters. The minimum absolute atomic E-state index is 0.105. The Morgan fingerprint density at radius 3 is 2.95 bits per heavy atom. The second-order valence-electron chi connectivity index (χ2n) is 4.99. The van der Waals surface area contributed by atoms with Crippen molar-refractivity contribution >= 4 is 11.6 Å². The normalized spacial score (nSPS) is 16.3. The van der Waals surface area contributed by atoms with E-state index in [4.69, 9.17) is 0 Å². The van der Waals surface area contributed by atoms with Crippen LogP contribution in [-0.2, 0) is 11.2 Å². The number of fused-ring (bicyclic) bond motifs is 1. The molecule has 0 radical (unpaired) electrons. The molecule has 19 heavy (non-hydrogen) atoms. The number of nitrogens with zero attached hydrogens (tertiary/aromatic N) is 1. The van der Waals surface area contributed by atoms with Gasteiger partial charge in [0.15, 0.2) is 0 Å². The Morgan fingerprint density at radius 2 is 2.16 bits per heavy atom. The van der Waals surface area contributed by atoms with Gasteiger partial charge in [0.05, 0.1) is 12.6 Å². The molecule has 0 saturated heterocycles. The van der Waals surface area contributed by atoms with E-state index in [-0.39, 0.29) is 5.91 Å². The summed E-state index contributed by atoms with van der Waals surface area (Å²) in [6.45, 7) is 3.87. The number of benzene rings is 1. The van der Waals surface area contributed by atoms with Gasteiger partial charge in [-0.25, -0.2) is 0 Å². The third-order valence-corrected chi connectivity index (χ3v) is 3.39. The molecule has 0 spiro atoms. The monoisotopic (exact) mass is 262 g/mol. The number of aliphatic hydroxyl groups is 1. The molecule has 1 atom stereocenters. The van der Waals surface area contributed by atoms with E-state index in [1.54, 1.807) is 4.90 Å². The van der Waals surface area contributed by atoms with Gasteiger partial charge in [-0.2, -0.15) is 0 Å². The summed E-state index contributed by atoms with van der Waals surface area (Å²) < 4.78 is 0. The first-order valence-corrected chi connectivity index (χ1v) is 6.99. The van der Waals surface area contributed by atoms with Gasteiger partial charge in [0.25, 0.3) is 0 Å². The van der Waals surface area contributed by atoms with E-state index in [0.29, 0.717) is 19.5 Å². The first-order valence-electron chi connectivity index (χ1n) is 6.99. The van der Waals surface area contributed by atoms with Crippen molar-refractivity contribution in [3.8, 4) is 0 Å². The lowest BCUT2D eigenvalue weighted by atomic mass is 10.0.